The van der Waals surface area contributed by atoms with Gasteiger partial charge in [0.05, 0.1) is 0 Å². The maximum absolute atomic E-state index is 5.97. The van der Waals surface area contributed by atoms with Crippen molar-refractivity contribution in [2.24, 2.45) is 0 Å². The largest absolute Gasteiger partial charge is 0.398 e. The molecule has 0 radical (unpaired) electrons. The number of nitrogens with two attached hydrogens (primary N) is 1. The average Bonchev–Trinajstić information content (AvgIpc) is 2.23. The molecule has 0 aliphatic carbocycles. The van der Waals surface area contributed by atoms with Gasteiger partial charge in [0.25, 0.3) is 0 Å². The lowest BCUT2D eigenvalue weighted by atomic mass is 9.99. The SMILES string of the molecule is CCC(C)(C)N(C)Cc1cc(Cl)ccc1N. The lowest BCUT2D eigenvalue weighted by Gasteiger charge is -2.35. The van der Waals surface area contributed by atoms with Crippen molar-refractivity contribution in [2.75, 3.05) is 12.8 Å². The zero-order valence-electron chi connectivity index (χ0n) is 10.5. The Kier molecular flexibility index (Phi) is 4.22. The molecule has 1 aromatic rings. The molecule has 0 saturated heterocycles. The van der Waals surface area contributed by atoms with Crippen molar-refractivity contribution < 1.29 is 0 Å². The molecule has 0 aliphatic heterocycles. The summed E-state index contributed by atoms with van der Waals surface area (Å²) < 4.78 is 0. The van der Waals surface area contributed by atoms with Crippen LogP contribution in [0.5, 0.6) is 0 Å². The predicted molar refractivity (Wildman–Crippen MR) is 71.7 cm³/mol. The summed E-state index contributed by atoms with van der Waals surface area (Å²) >= 11 is 5.97. The van der Waals surface area contributed by atoms with Crippen molar-refractivity contribution in [3.63, 3.8) is 0 Å². The van der Waals surface area contributed by atoms with E-state index < -0.39 is 0 Å². The Morgan fingerprint density at radius 3 is 2.56 bits per heavy atom. The zero-order chi connectivity index (χ0) is 12.3. The smallest absolute Gasteiger partial charge is 0.0410 e. The molecule has 0 atom stereocenters. The number of anilines is 1. The highest BCUT2D eigenvalue weighted by Crippen LogP contribution is 2.23. The first kappa shape index (κ1) is 13.3. The van der Waals surface area contributed by atoms with E-state index in [1.165, 1.54) is 0 Å². The molecule has 0 saturated carbocycles. The van der Waals surface area contributed by atoms with Crippen molar-refractivity contribution in [3.05, 3.63) is 28.8 Å². The van der Waals surface area contributed by atoms with E-state index >= 15 is 0 Å². The van der Waals surface area contributed by atoms with Gasteiger partial charge in [0, 0.05) is 22.8 Å². The van der Waals surface area contributed by atoms with Gasteiger partial charge in [-0.2, -0.15) is 0 Å². The van der Waals surface area contributed by atoms with Gasteiger partial charge in [-0.25, -0.2) is 0 Å². The molecule has 0 fully saturated rings. The van der Waals surface area contributed by atoms with Crippen LogP contribution in [0.4, 0.5) is 5.69 Å². The van der Waals surface area contributed by atoms with Gasteiger partial charge in [0.15, 0.2) is 0 Å². The van der Waals surface area contributed by atoms with E-state index in [4.69, 9.17) is 17.3 Å². The molecule has 3 heteroatoms. The van der Waals surface area contributed by atoms with Crippen LogP contribution in [0, 0.1) is 0 Å². The molecule has 0 amide bonds. The van der Waals surface area contributed by atoms with Crippen molar-refractivity contribution in [1.29, 1.82) is 0 Å². The topological polar surface area (TPSA) is 29.3 Å². The van der Waals surface area contributed by atoms with Crippen LogP contribution in [0.3, 0.4) is 0 Å². The first-order valence-corrected chi connectivity index (χ1v) is 5.99. The number of nitrogen functional groups attached to an aromatic ring is 1. The quantitative estimate of drug-likeness (QED) is 0.816. The Labute approximate surface area is 103 Å². The average molecular weight is 241 g/mol. The Morgan fingerprint density at radius 2 is 2.00 bits per heavy atom. The number of halogens is 1. The third-order valence-corrected chi connectivity index (χ3v) is 3.65. The van der Waals surface area contributed by atoms with Gasteiger partial charge in [0.1, 0.15) is 0 Å². The third-order valence-electron chi connectivity index (χ3n) is 3.41. The standard InChI is InChI=1S/C13H21ClN2/c1-5-13(2,3)16(4)9-10-8-11(14)6-7-12(10)15/h6-8H,5,9,15H2,1-4H3. The summed E-state index contributed by atoms with van der Waals surface area (Å²) in [5.41, 5.74) is 8.01. The monoisotopic (exact) mass is 240 g/mol. The fourth-order valence-corrected chi connectivity index (χ4v) is 1.65. The summed E-state index contributed by atoms with van der Waals surface area (Å²) in [6, 6.07) is 5.63. The third kappa shape index (κ3) is 3.13. The number of hydrogen-bond donors (Lipinski definition) is 1. The summed E-state index contributed by atoms with van der Waals surface area (Å²) in [6.07, 6.45) is 1.10. The molecule has 0 heterocycles. The van der Waals surface area contributed by atoms with Crippen LogP contribution in [-0.2, 0) is 6.54 Å². The Bertz CT molecular complexity index is 361. The molecule has 1 aromatic carbocycles. The second-order valence-corrected chi connectivity index (χ2v) is 5.30. The summed E-state index contributed by atoms with van der Waals surface area (Å²) in [7, 11) is 2.11. The molecule has 2 N–H and O–H groups in total. The second-order valence-electron chi connectivity index (χ2n) is 4.87. The molecule has 0 unspecified atom stereocenters. The lowest BCUT2D eigenvalue weighted by molar-refractivity contribution is 0.143. The molecule has 2 nitrogen and oxygen atoms in total. The molecule has 16 heavy (non-hydrogen) atoms. The molecule has 0 bridgehead atoms. The normalized spacial score (nSPS) is 12.1. The van der Waals surface area contributed by atoms with Crippen molar-refractivity contribution in [2.45, 2.75) is 39.3 Å². The zero-order valence-corrected chi connectivity index (χ0v) is 11.3. The summed E-state index contributed by atoms with van der Waals surface area (Å²) in [5.74, 6) is 0. The maximum atomic E-state index is 5.97. The fourth-order valence-electron chi connectivity index (χ4n) is 1.45. The van der Waals surface area contributed by atoms with E-state index in [0.29, 0.717) is 0 Å². The molecular weight excluding hydrogens is 220 g/mol. The lowest BCUT2D eigenvalue weighted by Crippen LogP contribution is -2.39. The molecule has 0 spiro atoms. The summed E-state index contributed by atoms with van der Waals surface area (Å²) in [5, 5.41) is 0.743. The van der Waals surface area contributed by atoms with Gasteiger partial charge in [0.2, 0.25) is 0 Å². The summed E-state index contributed by atoms with van der Waals surface area (Å²) in [6.45, 7) is 7.48. The van der Waals surface area contributed by atoms with E-state index in [1.54, 1.807) is 0 Å². The number of hydrogen-bond acceptors (Lipinski definition) is 2. The maximum Gasteiger partial charge on any atom is 0.0410 e. The van der Waals surface area contributed by atoms with E-state index in [0.717, 1.165) is 29.2 Å². The highest BCUT2D eigenvalue weighted by Gasteiger charge is 2.21. The highest BCUT2D eigenvalue weighted by atomic mass is 35.5. The van der Waals surface area contributed by atoms with Crippen molar-refractivity contribution in [1.82, 2.24) is 4.90 Å². The van der Waals surface area contributed by atoms with Gasteiger partial charge in [-0.1, -0.05) is 18.5 Å². The van der Waals surface area contributed by atoms with Crippen LogP contribution < -0.4 is 5.73 Å². The minimum atomic E-state index is 0.175. The Balaban J connectivity index is 2.84. The molecular formula is C13H21ClN2. The minimum absolute atomic E-state index is 0.175. The molecule has 0 aliphatic rings. The fraction of sp³-hybridized carbons (Fsp3) is 0.538. The van der Waals surface area contributed by atoms with Gasteiger partial charge in [-0.15, -0.1) is 0 Å². The van der Waals surface area contributed by atoms with E-state index in [9.17, 15) is 0 Å². The molecule has 0 aromatic heterocycles. The van der Waals surface area contributed by atoms with Crippen LogP contribution in [-0.4, -0.2) is 17.5 Å². The second kappa shape index (κ2) is 5.07. The first-order chi connectivity index (χ1) is 7.36. The van der Waals surface area contributed by atoms with Gasteiger partial charge >= 0.3 is 0 Å². The van der Waals surface area contributed by atoms with Crippen LogP contribution in [0.2, 0.25) is 5.02 Å². The van der Waals surface area contributed by atoms with Gasteiger partial charge < -0.3 is 5.73 Å². The van der Waals surface area contributed by atoms with Crippen LogP contribution in [0.15, 0.2) is 18.2 Å². The number of nitrogens with zero attached hydrogens (tertiary/aromatic N) is 1. The van der Waals surface area contributed by atoms with E-state index in [2.05, 4.69) is 32.7 Å². The van der Waals surface area contributed by atoms with Crippen LogP contribution in [0.25, 0.3) is 0 Å². The number of rotatable bonds is 4. The first-order valence-electron chi connectivity index (χ1n) is 5.62. The molecule has 1 rings (SSSR count). The number of benzene rings is 1. The van der Waals surface area contributed by atoms with E-state index in [1.807, 2.05) is 18.2 Å². The van der Waals surface area contributed by atoms with Crippen LogP contribution >= 0.6 is 11.6 Å². The van der Waals surface area contributed by atoms with Crippen LogP contribution in [0.1, 0.15) is 32.8 Å². The van der Waals surface area contributed by atoms with E-state index in [-0.39, 0.29) is 5.54 Å². The summed E-state index contributed by atoms with van der Waals surface area (Å²) in [4.78, 5) is 2.30. The molecule has 90 valence electrons. The highest BCUT2D eigenvalue weighted by molar-refractivity contribution is 6.30. The predicted octanol–water partition coefficient (Wildman–Crippen LogP) is 3.54. The minimum Gasteiger partial charge on any atom is -0.398 e. The Morgan fingerprint density at radius 1 is 1.38 bits per heavy atom. The Hall–Kier alpha value is -0.730. The van der Waals surface area contributed by atoms with Gasteiger partial charge in [-0.3, -0.25) is 4.90 Å². The van der Waals surface area contributed by atoms with Crippen molar-refractivity contribution >= 4 is 17.3 Å². The van der Waals surface area contributed by atoms with Gasteiger partial charge in [-0.05, 0) is 51.1 Å². The van der Waals surface area contributed by atoms with Crippen molar-refractivity contribution in [3.8, 4) is 0 Å².